The molecule has 1 aromatic carbocycles. The molecule has 0 spiro atoms. The Labute approximate surface area is 132 Å². The van der Waals surface area contributed by atoms with Crippen LogP contribution in [-0.4, -0.2) is 22.0 Å². The number of para-hydroxylation sites is 1. The third-order valence-electron chi connectivity index (χ3n) is 3.78. The van der Waals surface area contributed by atoms with Crippen LogP contribution in [0, 0.1) is 5.92 Å². The van der Waals surface area contributed by atoms with Crippen molar-refractivity contribution >= 4 is 23.3 Å². The molecule has 1 atom stereocenters. The van der Waals surface area contributed by atoms with Crippen molar-refractivity contribution in [2.45, 2.75) is 19.3 Å². The van der Waals surface area contributed by atoms with Crippen molar-refractivity contribution in [2.24, 2.45) is 5.92 Å². The van der Waals surface area contributed by atoms with Gasteiger partial charge in [0.05, 0.1) is 0 Å². The van der Waals surface area contributed by atoms with E-state index in [1.807, 2.05) is 24.3 Å². The number of H-pyrrole nitrogens is 1. The quantitative estimate of drug-likeness (QED) is 0.791. The molecule has 0 aliphatic carbocycles. The number of anilines is 2. The van der Waals surface area contributed by atoms with Gasteiger partial charge in [-0.15, -0.1) is 0 Å². The zero-order chi connectivity index (χ0) is 16.2. The normalized spacial score (nSPS) is 16.3. The molecule has 3 N–H and O–H groups in total. The number of nitrogens with zero attached hydrogens (tertiary/aromatic N) is 1. The Morgan fingerprint density at radius 2 is 2.04 bits per heavy atom. The molecule has 0 saturated heterocycles. The Kier molecular flexibility index (Phi) is 4.18. The number of rotatable bonds is 4. The van der Waals surface area contributed by atoms with Gasteiger partial charge < -0.3 is 10.6 Å². The zero-order valence-electron chi connectivity index (χ0n) is 12.3. The number of fused-ring (bicyclic) bond motifs is 1. The minimum Gasteiger partial charge on any atom is -0.326 e. The maximum absolute atomic E-state index is 12.1. The fraction of sp³-hybridized carbons (Fsp3) is 0.250. The van der Waals surface area contributed by atoms with Crippen LogP contribution in [0.4, 0.5) is 11.5 Å². The zero-order valence-corrected chi connectivity index (χ0v) is 12.3. The molecule has 0 bridgehead atoms. The van der Waals surface area contributed by atoms with E-state index >= 15 is 0 Å². The second-order valence-corrected chi connectivity index (χ2v) is 5.44. The monoisotopic (exact) mass is 312 g/mol. The lowest BCUT2D eigenvalue weighted by molar-refractivity contribution is -0.121. The fourth-order valence-corrected chi connectivity index (χ4v) is 2.57. The van der Waals surface area contributed by atoms with Gasteiger partial charge >= 0.3 is 0 Å². The van der Waals surface area contributed by atoms with Crippen molar-refractivity contribution in [2.75, 3.05) is 10.6 Å². The average Bonchev–Trinajstić information content (AvgIpc) is 2.55. The molecule has 2 amide bonds. The highest BCUT2D eigenvalue weighted by Crippen LogP contribution is 2.27. The van der Waals surface area contributed by atoms with Crippen molar-refractivity contribution in [3.8, 4) is 0 Å². The number of aromatic nitrogens is 2. The fourth-order valence-electron chi connectivity index (χ4n) is 2.57. The Bertz CT molecular complexity index is 779. The molecule has 118 valence electrons. The van der Waals surface area contributed by atoms with E-state index in [0.717, 1.165) is 11.3 Å². The summed E-state index contributed by atoms with van der Waals surface area (Å²) in [5.74, 6) is -0.234. The predicted octanol–water partition coefficient (Wildman–Crippen LogP) is 1.30. The van der Waals surface area contributed by atoms with Crippen molar-refractivity contribution in [3.63, 3.8) is 0 Å². The Morgan fingerprint density at radius 3 is 2.83 bits per heavy atom. The van der Waals surface area contributed by atoms with Gasteiger partial charge in [-0.1, -0.05) is 18.2 Å². The number of nitrogens with one attached hydrogen (secondary N) is 3. The maximum Gasteiger partial charge on any atom is 0.264 e. The summed E-state index contributed by atoms with van der Waals surface area (Å²) in [5, 5.41) is 11.4. The van der Waals surface area contributed by atoms with Gasteiger partial charge in [0.1, 0.15) is 0 Å². The third kappa shape index (κ3) is 3.63. The maximum atomic E-state index is 12.1. The van der Waals surface area contributed by atoms with Gasteiger partial charge in [0.25, 0.3) is 5.56 Å². The molecule has 1 aromatic heterocycles. The second kappa shape index (κ2) is 6.43. The van der Waals surface area contributed by atoms with Crippen molar-refractivity contribution in [1.29, 1.82) is 0 Å². The first-order valence-electron chi connectivity index (χ1n) is 7.36. The summed E-state index contributed by atoms with van der Waals surface area (Å²) >= 11 is 0. The van der Waals surface area contributed by atoms with Crippen LogP contribution in [0.1, 0.15) is 18.4 Å². The van der Waals surface area contributed by atoms with Crippen LogP contribution in [0.15, 0.2) is 41.2 Å². The number of amides is 2. The first kappa shape index (κ1) is 15.0. The molecule has 1 aliphatic rings. The van der Waals surface area contributed by atoms with Gasteiger partial charge in [-0.2, -0.15) is 5.10 Å². The van der Waals surface area contributed by atoms with Crippen molar-refractivity contribution in [1.82, 2.24) is 10.2 Å². The summed E-state index contributed by atoms with van der Waals surface area (Å²) in [6, 6.07) is 10.4. The Balaban J connectivity index is 1.56. The standard InChI is InChI=1S/C16H16N4O3/c21-14(18-13-6-8-15(22)20-19-13)7-5-11-9-10-3-1-2-4-12(10)17-16(11)23/h1-4,6,8,11H,5,7,9H2,(H,17,23)(H,20,22)(H,18,19,21)/t11-/m1/s1. The topological polar surface area (TPSA) is 104 Å². The smallest absolute Gasteiger partial charge is 0.264 e. The van der Waals surface area contributed by atoms with Crippen LogP contribution in [-0.2, 0) is 16.0 Å². The highest BCUT2D eigenvalue weighted by atomic mass is 16.2. The van der Waals surface area contributed by atoms with E-state index in [-0.39, 0.29) is 35.5 Å². The molecule has 7 nitrogen and oxygen atoms in total. The highest BCUT2D eigenvalue weighted by molar-refractivity contribution is 5.96. The van der Waals surface area contributed by atoms with Crippen LogP contribution in [0.25, 0.3) is 0 Å². The van der Waals surface area contributed by atoms with Crippen molar-refractivity contribution in [3.05, 3.63) is 52.3 Å². The molecular formula is C16H16N4O3. The largest absolute Gasteiger partial charge is 0.326 e. The summed E-state index contributed by atoms with van der Waals surface area (Å²) in [4.78, 5) is 34.9. The predicted molar refractivity (Wildman–Crippen MR) is 85.0 cm³/mol. The number of hydrogen-bond acceptors (Lipinski definition) is 4. The first-order chi connectivity index (χ1) is 11.1. The van der Waals surface area contributed by atoms with E-state index in [9.17, 15) is 14.4 Å². The van der Waals surface area contributed by atoms with E-state index in [0.29, 0.717) is 12.8 Å². The van der Waals surface area contributed by atoms with E-state index in [4.69, 9.17) is 0 Å². The van der Waals surface area contributed by atoms with Gasteiger partial charge in [0.15, 0.2) is 5.82 Å². The highest BCUT2D eigenvalue weighted by Gasteiger charge is 2.26. The number of benzene rings is 1. The number of carbonyl (C=O) groups is 2. The van der Waals surface area contributed by atoms with E-state index in [2.05, 4.69) is 20.8 Å². The van der Waals surface area contributed by atoms with Gasteiger partial charge in [-0.05, 0) is 30.5 Å². The van der Waals surface area contributed by atoms with E-state index < -0.39 is 0 Å². The first-order valence-corrected chi connectivity index (χ1v) is 7.36. The molecule has 3 rings (SSSR count). The molecule has 7 heteroatoms. The summed E-state index contributed by atoms with van der Waals surface area (Å²) in [5.41, 5.74) is 1.59. The molecule has 0 saturated carbocycles. The molecular weight excluding hydrogens is 296 g/mol. The van der Waals surface area contributed by atoms with Crippen LogP contribution in [0.5, 0.6) is 0 Å². The summed E-state index contributed by atoms with van der Waals surface area (Å²) < 4.78 is 0. The molecule has 1 aliphatic heterocycles. The van der Waals surface area contributed by atoms with E-state index in [1.54, 1.807) is 0 Å². The lowest BCUT2D eigenvalue weighted by Crippen LogP contribution is -2.30. The van der Waals surface area contributed by atoms with Crippen LogP contribution in [0.3, 0.4) is 0 Å². The lowest BCUT2D eigenvalue weighted by atomic mass is 9.89. The van der Waals surface area contributed by atoms with Crippen LogP contribution < -0.4 is 16.2 Å². The van der Waals surface area contributed by atoms with Gasteiger partial charge in [-0.25, -0.2) is 5.10 Å². The summed E-state index contributed by atoms with van der Waals surface area (Å²) in [7, 11) is 0. The summed E-state index contributed by atoms with van der Waals surface area (Å²) in [6.45, 7) is 0. The van der Waals surface area contributed by atoms with Crippen LogP contribution >= 0.6 is 0 Å². The number of hydrogen-bond donors (Lipinski definition) is 3. The molecule has 23 heavy (non-hydrogen) atoms. The number of aromatic amines is 1. The van der Waals surface area contributed by atoms with Crippen LogP contribution in [0.2, 0.25) is 0 Å². The summed E-state index contributed by atoms with van der Waals surface area (Å²) in [6.07, 6.45) is 1.29. The molecule has 0 radical (unpaired) electrons. The van der Waals surface area contributed by atoms with Gasteiger partial charge in [0, 0.05) is 24.1 Å². The van der Waals surface area contributed by atoms with Crippen molar-refractivity contribution < 1.29 is 9.59 Å². The SMILES string of the molecule is O=C(CC[C@@H]1Cc2ccccc2NC1=O)Nc1ccc(=O)[nH]n1. The molecule has 2 heterocycles. The van der Waals surface area contributed by atoms with E-state index in [1.165, 1.54) is 12.1 Å². The molecule has 0 unspecified atom stereocenters. The van der Waals surface area contributed by atoms with Gasteiger partial charge in [-0.3, -0.25) is 14.4 Å². The minimum absolute atomic E-state index is 0.0568. The Hall–Kier alpha value is -2.96. The minimum atomic E-state index is -0.333. The third-order valence-corrected chi connectivity index (χ3v) is 3.78. The average molecular weight is 312 g/mol. The number of carbonyl (C=O) groups excluding carboxylic acids is 2. The second-order valence-electron chi connectivity index (χ2n) is 5.44. The Morgan fingerprint density at radius 1 is 1.22 bits per heavy atom. The lowest BCUT2D eigenvalue weighted by Gasteiger charge is -2.24. The molecule has 0 fully saturated rings. The molecule has 2 aromatic rings. The van der Waals surface area contributed by atoms with Gasteiger partial charge in [0.2, 0.25) is 11.8 Å².